The fourth-order valence-electron chi connectivity index (χ4n) is 1.21. The first kappa shape index (κ1) is 11.1. The highest BCUT2D eigenvalue weighted by molar-refractivity contribution is 5.27. The number of aromatic nitrogens is 5. The van der Waals surface area contributed by atoms with E-state index >= 15 is 0 Å². The van der Waals surface area contributed by atoms with Gasteiger partial charge in [0.05, 0.1) is 13.2 Å². The van der Waals surface area contributed by atoms with Crippen LogP contribution < -0.4 is 15.7 Å². The topological polar surface area (TPSA) is 109 Å². The van der Waals surface area contributed by atoms with Crippen LogP contribution in [0.4, 0.5) is 5.95 Å². The lowest BCUT2D eigenvalue weighted by molar-refractivity contribution is 0.326. The Bertz CT molecular complexity index is 534. The number of hydrogen-bond acceptors (Lipinski definition) is 6. The number of nitrogens with zero attached hydrogens (tertiary/aromatic N) is 3. The Hall–Kier alpha value is -2.38. The molecule has 0 saturated heterocycles. The Morgan fingerprint density at radius 2 is 2.41 bits per heavy atom. The van der Waals surface area contributed by atoms with Crippen LogP contribution in [0.15, 0.2) is 17.1 Å². The summed E-state index contributed by atoms with van der Waals surface area (Å²) in [6.07, 6.45) is 1.59. The molecule has 0 aliphatic carbocycles. The first-order valence-corrected chi connectivity index (χ1v) is 5.11. The number of H-pyrrole nitrogens is 2. The summed E-state index contributed by atoms with van der Waals surface area (Å²) in [7, 11) is 0. The second kappa shape index (κ2) is 5.10. The monoisotopic (exact) mass is 236 g/mol. The van der Waals surface area contributed by atoms with Crippen molar-refractivity contribution in [2.24, 2.45) is 0 Å². The average molecular weight is 236 g/mol. The van der Waals surface area contributed by atoms with Crippen LogP contribution >= 0.6 is 0 Å². The summed E-state index contributed by atoms with van der Waals surface area (Å²) < 4.78 is 5.23. The summed E-state index contributed by atoms with van der Waals surface area (Å²) in [5, 5.41) is 8.94. The molecule has 8 nitrogen and oxygen atoms in total. The summed E-state index contributed by atoms with van der Waals surface area (Å²) in [6.45, 7) is 2.75. The van der Waals surface area contributed by atoms with Crippen molar-refractivity contribution in [1.29, 1.82) is 0 Å². The molecule has 0 radical (unpaired) electrons. The van der Waals surface area contributed by atoms with Crippen molar-refractivity contribution < 1.29 is 4.74 Å². The van der Waals surface area contributed by atoms with Gasteiger partial charge in [0.2, 0.25) is 11.8 Å². The molecule has 8 heteroatoms. The molecule has 0 aromatic carbocycles. The molecular weight excluding hydrogens is 224 g/mol. The van der Waals surface area contributed by atoms with Gasteiger partial charge in [-0.15, -0.1) is 0 Å². The predicted octanol–water partition coefficient (Wildman–Crippen LogP) is -0.101. The van der Waals surface area contributed by atoms with Crippen molar-refractivity contribution in [2.45, 2.75) is 13.5 Å². The number of nitrogens with one attached hydrogen (secondary N) is 3. The molecule has 0 spiro atoms. The maximum Gasteiger partial charge on any atom is 0.340 e. The van der Waals surface area contributed by atoms with E-state index in [4.69, 9.17) is 4.74 Å². The molecule has 90 valence electrons. The van der Waals surface area contributed by atoms with Crippen LogP contribution in [0, 0.1) is 0 Å². The fraction of sp³-hybridized carbons (Fsp3) is 0.333. The maximum absolute atomic E-state index is 10.8. The Morgan fingerprint density at radius 3 is 3.12 bits per heavy atom. The van der Waals surface area contributed by atoms with E-state index < -0.39 is 0 Å². The summed E-state index contributed by atoms with van der Waals surface area (Å²) in [6, 6.07) is 1.67. The summed E-state index contributed by atoms with van der Waals surface area (Å²) >= 11 is 0. The zero-order chi connectivity index (χ0) is 12.1. The fourth-order valence-corrected chi connectivity index (χ4v) is 1.21. The molecule has 2 heterocycles. The molecule has 17 heavy (non-hydrogen) atoms. The predicted molar refractivity (Wildman–Crippen MR) is 59.7 cm³/mol. The highest BCUT2D eigenvalue weighted by Gasteiger charge is 2.01. The van der Waals surface area contributed by atoms with Gasteiger partial charge in [-0.1, -0.05) is 0 Å². The Balaban J connectivity index is 1.98. The van der Waals surface area contributed by atoms with Gasteiger partial charge in [-0.3, -0.25) is 4.98 Å². The van der Waals surface area contributed by atoms with Crippen molar-refractivity contribution in [3.63, 3.8) is 0 Å². The quantitative estimate of drug-likeness (QED) is 0.668. The van der Waals surface area contributed by atoms with Gasteiger partial charge < -0.3 is 10.1 Å². The van der Waals surface area contributed by atoms with Gasteiger partial charge in [0, 0.05) is 12.3 Å². The zero-order valence-corrected chi connectivity index (χ0v) is 9.23. The van der Waals surface area contributed by atoms with Gasteiger partial charge in [0.1, 0.15) is 5.82 Å². The van der Waals surface area contributed by atoms with Crippen LogP contribution in [0.2, 0.25) is 0 Å². The smallest absolute Gasteiger partial charge is 0.340 e. The SMILES string of the molecule is CCOc1ccnc(NCc2n[nH]c(=O)[nH]2)n1. The Kier molecular flexibility index (Phi) is 3.34. The molecule has 0 aliphatic heterocycles. The molecule has 0 amide bonds. The van der Waals surface area contributed by atoms with E-state index in [1.54, 1.807) is 12.3 Å². The van der Waals surface area contributed by atoms with E-state index in [1.807, 2.05) is 6.92 Å². The standard InChI is InChI=1S/C9H12N6O2/c1-2-17-7-3-4-10-8(13-7)11-5-6-12-9(16)15-14-6/h3-4H,2,5H2,1H3,(H,10,11,13)(H2,12,14,15,16). The lowest BCUT2D eigenvalue weighted by Gasteiger charge is -2.04. The van der Waals surface area contributed by atoms with Crippen LogP contribution in [0.25, 0.3) is 0 Å². The second-order valence-electron chi connectivity index (χ2n) is 3.13. The molecule has 2 rings (SSSR count). The highest BCUT2D eigenvalue weighted by atomic mass is 16.5. The normalized spacial score (nSPS) is 10.2. The van der Waals surface area contributed by atoms with Crippen molar-refractivity contribution in [1.82, 2.24) is 25.1 Å². The summed E-state index contributed by atoms with van der Waals surface area (Å²) in [4.78, 5) is 21.4. The number of ether oxygens (including phenoxy) is 1. The first-order chi connectivity index (χ1) is 8.28. The van der Waals surface area contributed by atoms with E-state index in [2.05, 4.69) is 30.5 Å². The van der Waals surface area contributed by atoms with Crippen molar-refractivity contribution in [2.75, 3.05) is 11.9 Å². The van der Waals surface area contributed by atoms with Crippen LogP contribution in [-0.2, 0) is 6.54 Å². The Labute approximate surface area is 96.5 Å². The Morgan fingerprint density at radius 1 is 1.53 bits per heavy atom. The largest absolute Gasteiger partial charge is 0.478 e. The minimum absolute atomic E-state index is 0.328. The molecule has 0 saturated carbocycles. The van der Waals surface area contributed by atoms with E-state index in [-0.39, 0.29) is 5.69 Å². The lowest BCUT2D eigenvalue weighted by Crippen LogP contribution is -2.07. The maximum atomic E-state index is 10.8. The molecule has 0 atom stereocenters. The van der Waals surface area contributed by atoms with Gasteiger partial charge in [0.25, 0.3) is 0 Å². The van der Waals surface area contributed by atoms with E-state index in [9.17, 15) is 4.79 Å². The molecule has 0 unspecified atom stereocenters. The van der Waals surface area contributed by atoms with Gasteiger partial charge in [-0.25, -0.2) is 14.9 Å². The third kappa shape index (κ3) is 3.03. The summed E-state index contributed by atoms with van der Waals surface area (Å²) in [5.41, 5.74) is -0.342. The molecular formula is C9H12N6O2. The number of aromatic amines is 2. The lowest BCUT2D eigenvalue weighted by atomic mass is 10.6. The van der Waals surface area contributed by atoms with Crippen molar-refractivity contribution in [3.8, 4) is 5.88 Å². The number of rotatable bonds is 5. The third-order valence-corrected chi connectivity index (χ3v) is 1.89. The molecule has 2 aromatic rings. The van der Waals surface area contributed by atoms with Gasteiger partial charge in [0.15, 0.2) is 0 Å². The van der Waals surface area contributed by atoms with Gasteiger partial charge in [-0.2, -0.15) is 10.1 Å². The second-order valence-corrected chi connectivity index (χ2v) is 3.13. The molecule has 0 aliphatic rings. The molecule has 3 N–H and O–H groups in total. The van der Waals surface area contributed by atoms with Crippen molar-refractivity contribution >= 4 is 5.95 Å². The highest BCUT2D eigenvalue weighted by Crippen LogP contribution is 2.08. The van der Waals surface area contributed by atoms with Crippen LogP contribution in [0.3, 0.4) is 0 Å². The van der Waals surface area contributed by atoms with Gasteiger partial charge >= 0.3 is 5.69 Å². The molecule has 0 bridgehead atoms. The molecule has 2 aromatic heterocycles. The van der Waals surface area contributed by atoms with E-state index in [1.165, 1.54) is 0 Å². The zero-order valence-electron chi connectivity index (χ0n) is 9.23. The average Bonchev–Trinajstić information content (AvgIpc) is 2.74. The van der Waals surface area contributed by atoms with Crippen LogP contribution in [0.1, 0.15) is 12.7 Å². The minimum atomic E-state index is -0.342. The van der Waals surface area contributed by atoms with E-state index in [0.29, 0.717) is 30.8 Å². The number of anilines is 1. The summed E-state index contributed by atoms with van der Waals surface area (Å²) in [5.74, 6) is 1.40. The van der Waals surface area contributed by atoms with Gasteiger partial charge in [-0.05, 0) is 6.92 Å². The van der Waals surface area contributed by atoms with Crippen LogP contribution in [0.5, 0.6) is 5.88 Å². The first-order valence-electron chi connectivity index (χ1n) is 5.11. The van der Waals surface area contributed by atoms with Crippen molar-refractivity contribution in [3.05, 3.63) is 28.6 Å². The van der Waals surface area contributed by atoms with Crippen LogP contribution in [-0.4, -0.2) is 31.8 Å². The molecule has 0 fully saturated rings. The third-order valence-electron chi connectivity index (χ3n) is 1.89. The minimum Gasteiger partial charge on any atom is -0.478 e. The number of hydrogen-bond donors (Lipinski definition) is 3. The van der Waals surface area contributed by atoms with E-state index in [0.717, 1.165) is 0 Å².